The maximum Gasteiger partial charge on any atom is 0.290 e. The maximum atomic E-state index is 14.4. The van der Waals surface area contributed by atoms with Crippen LogP contribution in [0.25, 0.3) is 0 Å². The smallest absolute Gasteiger partial charge is 0.290 e. The molecule has 2 aliphatic carbocycles. The van der Waals surface area contributed by atoms with E-state index in [9.17, 15) is 8.78 Å². The summed E-state index contributed by atoms with van der Waals surface area (Å²) in [7, 11) is 0. The van der Waals surface area contributed by atoms with Crippen LogP contribution in [-0.4, -0.2) is 33.3 Å². The predicted octanol–water partition coefficient (Wildman–Crippen LogP) is 4.24. The molecule has 3 heterocycles. The van der Waals surface area contributed by atoms with Crippen LogP contribution in [0.3, 0.4) is 0 Å². The van der Waals surface area contributed by atoms with E-state index in [4.69, 9.17) is 0 Å². The van der Waals surface area contributed by atoms with Gasteiger partial charge in [-0.1, -0.05) is 12.8 Å². The number of aromatic amines is 1. The number of aromatic nitrogens is 4. The van der Waals surface area contributed by atoms with E-state index in [1.165, 1.54) is 25.7 Å². The van der Waals surface area contributed by atoms with Gasteiger partial charge in [-0.3, -0.25) is 5.10 Å². The van der Waals surface area contributed by atoms with Gasteiger partial charge < -0.3 is 10.2 Å². The molecule has 2 N–H and O–H groups in total. The molecule has 3 aliphatic rings. The average molecular weight is 374 g/mol. The quantitative estimate of drug-likeness (QED) is 0.838. The molecule has 0 radical (unpaired) electrons. The van der Waals surface area contributed by atoms with Crippen molar-refractivity contribution in [2.75, 3.05) is 23.3 Å². The highest BCUT2D eigenvalue weighted by Crippen LogP contribution is 2.44. The van der Waals surface area contributed by atoms with Crippen LogP contribution in [0.1, 0.15) is 67.8 Å². The van der Waals surface area contributed by atoms with Crippen molar-refractivity contribution in [3.05, 3.63) is 23.0 Å². The van der Waals surface area contributed by atoms with Gasteiger partial charge in [0.2, 0.25) is 5.95 Å². The molecule has 144 valence electrons. The van der Waals surface area contributed by atoms with Crippen molar-refractivity contribution in [1.82, 2.24) is 20.2 Å². The predicted molar refractivity (Wildman–Crippen MR) is 98.8 cm³/mol. The van der Waals surface area contributed by atoms with E-state index in [0.717, 1.165) is 31.6 Å². The average Bonchev–Trinajstić information content (AvgIpc) is 3.43. The Labute approximate surface area is 156 Å². The molecule has 2 fully saturated rings. The van der Waals surface area contributed by atoms with Gasteiger partial charge in [-0.05, 0) is 32.1 Å². The van der Waals surface area contributed by atoms with Crippen molar-refractivity contribution >= 4 is 17.6 Å². The largest absolute Gasteiger partial charge is 0.341 e. The second-order valence-corrected chi connectivity index (χ2v) is 7.91. The number of hydrogen-bond acceptors (Lipinski definition) is 5. The first kappa shape index (κ1) is 16.9. The third-order valence-electron chi connectivity index (χ3n) is 6.06. The normalized spacial score (nSPS) is 21.8. The molecule has 2 aromatic heterocycles. The molecular formula is C19H24F2N6. The van der Waals surface area contributed by atoms with Crippen molar-refractivity contribution < 1.29 is 8.78 Å². The number of fused-ring (bicyclic) bond motifs is 1. The molecule has 1 aliphatic heterocycles. The lowest BCUT2D eigenvalue weighted by Gasteiger charge is -2.19. The van der Waals surface area contributed by atoms with Gasteiger partial charge in [0, 0.05) is 42.8 Å². The number of alkyl halides is 2. The zero-order chi connectivity index (χ0) is 18.4. The van der Waals surface area contributed by atoms with Crippen molar-refractivity contribution in [2.24, 2.45) is 0 Å². The highest BCUT2D eigenvalue weighted by Gasteiger charge is 2.43. The maximum absolute atomic E-state index is 14.4. The fraction of sp³-hybridized carbons (Fsp3) is 0.632. The molecule has 0 amide bonds. The van der Waals surface area contributed by atoms with Gasteiger partial charge in [-0.25, -0.2) is 4.98 Å². The lowest BCUT2D eigenvalue weighted by Crippen LogP contribution is -2.23. The summed E-state index contributed by atoms with van der Waals surface area (Å²) >= 11 is 0. The number of hydrogen-bond donors (Lipinski definition) is 2. The van der Waals surface area contributed by atoms with E-state index in [1.807, 2.05) is 11.0 Å². The molecule has 5 rings (SSSR count). The number of nitrogens with zero attached hydrogens (tertiary/aromatic N) is 4. The number of nitrogens with one attached hydrogen (secondary N) is 2. The van der Waals surface area contributed by atoms with Gasteiger partial charge >= 0.3 is 0 Å². The van der Waals surface area contributed by atoms with E-state index < -0.39 is 5.92 Å². The molecule has 8 heteroatoms. The summed E-state index contributed by atoms with van der Waals surface area (Å²) in [4.78, 5) is 10.9. The zero-order valence-corrected chi connectivity index (χ0v) is 15.3. The lowest BCUT2D eigenvalue weighted by molar-refractivity contribution is -0.00590. The Morgan fingerprint density at radius 3 is 2.67 bits per heavy atom. The van der Waals surface area contributed by atoms with Crippen molar-refractivity contribution in [3.63, 3.8) is 0 Å². The molecule has 0 unspecified atom stereocenters. The minimum absolute atomic E-state index is 0.117. The summed E-state index contributed by atoms with van der Waals surface area (Å²) in [6.45, 7) is 1.63. The molecule has 0 bridgehead atoms. The van der Waals surface area contributed by atoms with Crippen molar-refractivity contribution in [3.8, 4) is 0 Å². The number of halogens is 2. The van der Waals surface area contributed by atoms with Crippen LogP contribution in [-0.2, 0) is 12.3 Å². The van der Waals surface area contributed by atoms with E-state index in [1.54, 1.807) is 0 Å². The van der Waals surface area contributed by atoms with Crippen LogP contribution in [0.4, 0.5) is 26.4 Å². The Kier molecular flexibility index (Phi) is 4.02. The van der Waals surface area contributed by atoms with Crippen LogP contribution in [0.2, 0.25) is 0 Å². The summed E-state index contributed by atoms with van der Waals surface area (Å²) in [6.07, 6.45) is 7.02. The standard InChI is InChI=1S/C19H24F2N6/c20-19(21)8-7-13-16(19)23-18(27-9-3-4-10-27)24-17(13)22-15-11-14(25-26-15)12-5-1-2-6-12/h11-12H,1-10H2,(H2,22,23,24,25,26). The van der Waals surface area contributed by atoms with Gasteiger partial charge in [0.25, 0.3) is 5.92 Å². The fourth-order valence-corrected chi connectivity index (χ4v) is 4.54. The van der Waals surface area contributed by atoms with E-state index in [-0.39, 0.29) is 18.5 Å². The fourth-order valence-electron chi connectivity index (χ4n) is 4.54. The van der Waals surface area contributed by atoms with Crippen LogP contribution < -0.4 is 10.2 Å². The SMILES string of the molecule is FC1(F)CCc2c(Nc3cc(C4CCCC4)[nH]n3)nc(N3CCCC3)nc21. The Balaban J connectivity index is 1.48. The van der Waals surface area contributed by atoms with Gasteiger partial charge in [0.05, 0.1) is 0 Å². The van der Waals surface area contributed by atoms with Gasteiger partial charge in [0.15, 0.2) is 5.82 Å². The third-order valence-corrected chi connectivity index (χ3v) is 6.06. The molecule has 1 saturated carbocycles. The first-order valence-electron chi connectivity index (χ1n) is 9.97. The monoisotopic (exact) mass is 374 g/mol. The summed E-state index contributed by atoms with van der Waals surface area (Å²) in [5.74, 6) is -0.844. The lowest BCUT2D eigenvalue weighted by atomic mass is 10.0. The molecule has 27 heavy (non-hydrogen) atoms. The minimum Gasteiger partial charge on any atom is -0.341 e. The first-order chi connectivity index (χ1) is 13.1. The van der Waals surface area contributed by atoms with Crippen molar-refractivity contribution in [2.45, 2.75) is 63.2 Å². The topological polar surface area (TPSA) is 69.7 Å². The summed E-state index contributed by atoms with van der Waals surface area (Å²) in [5.41, 5.74) is 1.52. The third kappa shape index (κ3) is 3.04. The van der Waals surface area contributed by atoms with Gasteiger partial charge in [-0.15, -0.1) is 0 Å². The Hall–Kier alpha value is -2.25. The summed E-state index contributed by atoms with van der Waals surface area (Å²) < 4.78 is 28.7. The van der Waals surface area contributed by atoms with Crippen LogP contribution in [0.5, 0.6) is 0 Å². The number of rotatable bonds is 4. The minimum atomic E-state index is -2.89. The Morgan fingerprint density at radius 1 is 1.11 bits per heavy atom. The van der Waals surface area contributed by atoms with Gasteiger partial charge in [-0.2, -0.15) is 18.9 Å². The molecule has 2 aromatic rings. The van der Waals surface area contributed by atoms with E-state index >= 15 is 0 Å². The molecule has 0 aromatic carbocycles. The Morgan fingerprint density at radius 2 is 1.89 bits per heavy atom. The second-order valence-electron chi connectivity index (χ2n) is 7.91. The van der Waals surface area contributed by atoms with E-state index in [0.29, 0.717) is 29.1 Å². The van der Waals surface area contributed by atoms with Gasteiger partial charge in [0.1, 0.15) is 11.5 Å². The van der Waals surface area contributed by atoms with Crippen LogP contribution >= 0.6 is 0 Å². The van der Waals surface area contributed by atoms with Crippen LogP contribution in [0, 0.1) is 0 Å². The van der Waals surface area contributed by atoms with Crippen LogP contribution in [0.15, 0.2) is 6.07 Å². The highest BCUT2D eigenvalue weighted by atomic mass is 19.3. The molecule has 0 atom stereocenters. The molecule has 6 nitrogen and oxygen atoms in total. The number of H-pyrrole nitrogens is 1. The molecular weight excluding hydrogens is 350 g/mol. The molecule has 0 spiro atoms. The first-order valence-corrected chi connectivity index (χ1v) is 9.97. The van der Waals surface area contributed by atoms with E-state index in [2.05, 4.69) is 25.5 Å². The molecule has 1 saturated heterocycles. The zero-order valence-electron chi connectivity index (χ0n) is 15.3. The second kappa shape index (κ2) is 6.42. The Bertz CT molecular complexity index is 837. The summed E-state index contributed by atoms with van der Waals surface area (Å²) in [5, 5.41) is 10.7. The highest BCUT2D eigenvalue weighted by molar-refractivity contribution is 5.61. The van der Waals surface area contributed by atoms with Crippen molar-refractivity contribution in [1.29, 1.82) is 0 Å². The number of anilines is 3. The summed E-state index contributed by atoms with van der Waals surface area (Å²) in [6, 6.07) is 1.99.